The molecule has 2 amide bonds. The van der Waals surface area contributed by atoms with Crippen molar-refractivity contribution in [2.24, 2.45) is 10.7 Å². The lowest BCUT2D eigenvalue weighted by Gasteiger charge is -2.21. The molecule has 1 saturated heterocycles. The summed E-state index contributed by atoms with van der Waals surface area (Å²) in [5.41, 5.74) is 7.70. The van der Waals surface area contributed by atoms with Crippen LogP contribution < -0.4 is 16.4 Å². The lowest BCUT2D eigenvalue weighted by Crippen LogP contribution is -2.48. The van der Waals surface area contributed by atoms with Crippen LogP contribution in [0.1, 0.15) is 37.2 Å². The molecule has 26 heavy (non-hydrogen) atoms. The number of rotatable bonds is 6. The van der Waals surface area contributed by atoms with E-state index in [0.717, 1.165) is 24.3 Å². The third-order valence-electron chi connectivity index (χ3n) is 4.79. The highest BCUT2D eigenvalue weighted by Crippen LogP contribution is 2.36. The summed E-state index contributed by atoms with van der Waals surface area (Å²) in [5, 5.41) is 5.69. The van der Waals surface area contributed by atoms with Gasteiger partial charge >= 0.3 is 0 Å². The Balaban J connectivity index is 1.66. The van der Waals surface area contributed by atoms with E-state index >= 15 is 0 Å². The van der Waals surface area contributed by atoms with Crippen LogP contribution in [0.4, 0.5) is 5.69 Å². The summed E-state index contributed by atoms with van der Waals surface area (Å²) in [4.78, 5) is 29.6. The van der Waals surface area contributed by atoms with E-state index in [4.69, 9.17) is 5.73 Å². The molecule has 2 aliphatic rings. The molecule has 1 fully saturated rings. The molecule has 3 atom stereocenters. The minimum absolute atomic E-state index is 0.0532. The van der Waals surface area contributed by atoms with Crippen LogP contribution in [0.3, 0.4) is 0 Å². The first-order valence-electron chi connectivity index (χ1n) is 9.22. The van der Waals surface area contributed by atoms with E-state index in [0.29, 0.717) is 25.9 Å². The van der Waals surface area contributed by atoms with E-state index < -0.39 is 6.04 Å². The fourth-order valence-corrected chi connectivity index (χ4v) is 4.43. The zero-order valence-corrected chi connectivity index (χ0v) is 15.6. The first kappa shape index (κ1) is 18.9. The summed E-state index contributed by atoms with van der Waals surface area (Å²) in [6, 6.07) is 7.58. The number of nitrogens with zero attached hydrogens (tertiary/aromatic N) is 1. The Labute approximate surface area is 158 Å². The van der Waals surface area contributed by atoms with Gasteiger partial charge in [-0.05, 0) is 43.9 Å². The quantitative estimate of drug-likeness (QED) is 0.661. The second kappa shape index (κ2) is 9.19. The number of unbranched alkanes of at least 4 members (excludes halogenated alkanes) is 1. The van der Waals surface area contributed by atoms with Crippen LogP contribution in [0, 0.1) is 0 Å². The number of carbonyl (C=O) groups is 2. The van der Waals surface area contributed by atoms with Crippen LogP contribution in [-0.2, 0) is 9.59 Å². The molecular weight excluding hydrogens is 348 g/mol. The molecule has 2 heterocycles. The number of para-hydroxylation sites is 1. The number of aliphatic imine (C=N–C) groups is 1. The first-order chi connectivity index (χ1) is 12.7. The van der Waals surface area contributed by atoms with Gasteiger partial charge in [-0.3, -0.25) is 14.6 Å². The van der Waals surface area contributed by atoms with Gasteiger partial charge in [-0.2, -0.15) is 0 Å². The monoisotopic (exact) mass is 374 g/mol. The van der Waals surface area contributed by atoms with Gasteiger partial charge in [-0.1, -0.05) is 18.2 Å². The number of benzene rings is 1. The Hall–Kier alpha value is -1.86. The van der Waals surface area contributed by atoms with E-state index in [-0.39, 0.29) is 23.0 Å². The molecule has 6 nitrogen and oxygen atoms in total. The van der Waals surface area contributed by atoms with E-state index in [9.17, 15) is 9.59 Å². The smallest absolute Gasteiger partial charge is 0.242 e. The van der Waals surface area contributed by atoms with Gasteiger partial charge in [-0.25, -0.2) is 0 Å². The summed E-state index contributed by atoms with van der Waals surface area (Å²) in [6.45, 7) is 1.18. The summed E-state index contributed by atoms with van der Waals surface area (Å²) in [5.74, 6) is 0.728. The number of carbonyl (C=O) groups excluding carboxylic acids is 2. The normalized spacial score (nSPS) is 25.7. The van der Waals surface area contributed by atoms with Crippen molar-refractivity contribution in [1.82, 2.24) is 10.6 Å². The molecule has 1 aromatic carbocycles. The summed E-state index contributed by atoms with van der Waals surface area (Å²) < 4.78 is 0. The van der Waals surface area contributed by atoms with Gasteiger partial charge in [-0.15, -0.1) is 11.8 Å². The van der Waals surface area contributed by atoms with E-state index in [2.05, 4.69) is 21.7 Å². The molecule has 2 aliphatic heterocycles. The SMILES string of the molecule is NCCCC[C@H]1NC(=O)[C@@H](CC2C=Nc3ccccc32)SCCNC1=O. The third kappa shape index (κ3) is 4.65. The zero-order chi connectivity index (χ0) is 18.4. The van der Waals surface area contributed by atoms with Gasteiger partial charge in [0.05, 0.1) is 10.9 Å². The molecule has 7 heteroatoms. The van der Waals surface area contributed by atoms with Gasteiger partial charge < -0.3 is 16.4 Å². The average molecular weight is 375 g/mol. The minimum atomic E-state index is -0.472. The maximum absolute atomic E-state index is 12.8. The maximum Gasteiger partial charge on any atom is 0.242 e. The van der Waals surface area contributed by atoms with Gasteiger partial charge in [0.15, 0.2) is 0 Å². The number of nitrogens with one attached hydrogen (secondary N) is 2. The van der Waals surface area contributed by atoms with Crippen molar-refractivity contribution in [3.63, 3.8) is 0 Å². The Morgan fingerprint density at radius 1 is 1.19 bits per heavy atom. The topological polar surface area (TPSA) is 96.6 Å². The van der Waals surface area contributed by atoms with Gasteiger partial charge in [0.2, 0.25) is 11.8 Å². The van der Waals surface area contributed by atoms with Gasteiger partial charge in [0.25, 0.3) is 0 Å². The first-order valence-corrected chi connectivity index (χ1v) is 10.3. The average Bonchev–Trinajstić information content (AvgIpc) is 3.07. The molecule has 0 radical (unpaired) electrons. The van der Waals surface area contributed by atoms with Crippen LogP contribution in [0.25, 0.3) is 0 Å². The fourth-order valence-electron chi connectivity index (χ4n) is 3.36. The molecule has 0 spiro atoms. The predicted molar refractivity (Wildman–Crippen MR) is 106 cm³/mol. The number of nitrogens with two attached hydrogens (primary N) is 1. The van der Waals surface area contributed by atoms with E-state index in [1.807, 2.05) is 24.4 Å². The highest BCUT2D eigenvalue weighted by atomic mass is 32.2. The standard InChI is InChI=1S/C19H26N4O2S/c20-8-4-3-7-16-18(24)21-9-10-26-17(19(25)23-16)11-13-12-22-15-6-2-1-5-14(13)15/h1-2,5-6,12-13,16-17H,3-4,7-11,20H2,(H,21,24)(H,23,25)/t13?,16-,17-/m1/s1. The van der Waals surface area contributed by atoms with Crippen LogP contribution in [-0.4, -0.2) is 48.2 Å². The summed E-state index contributed by atoms with van der Waals surface area (Å²) in [7, 11) is 0. The van der Waals surface area contributed by atoms with Crippen molar-refractivity contribution < 1.29 is 9.59 Å². The molecule has 0 aliphatic carbocycles. The number of thioether (sulfide) groups is 1. The number of hydrogen-bond donors (Lipinski definition) is 3. The number of amides is 2. The predicted octanol–water partition coefficient (Wildman–Crippen LogP) is 1.72. The third-order valence-corrected chi connectivity index (χ3v) is 6.04. The fraction of sp³-hybridized carbons (Fsp3) is 0.526. The zero-order valence-electron chi connectivity index (χ0n) is 14.8. The Bertz CT molecular complexity index is 679. The number of fused-ring (bicyclic) bond motifs is 1. The van der Waals surface area contributed by atoms with Gasteiger partial charge in [0.1, 0.15) is 6.04 Å². The summed E-state index contributed by atoms with van der Waals surface area (Å²) in [6.07, 6.45) is 4.94. The summed E-state index contributed by atoms with van der Waals surface area (Å²) >= 11 is 1.60. The second-order valence-corrected chi connectivity index (χ2v) is 7.99. The highest BCUT2D eigenvalue weighted by Gasteiger charge is 2.30. The van der Waals surface area contributed by atoms with Crippen LogP contribution in [0.5, 0.6) is 0 Å². The molecule has 0 aromatic heterocycles. The van der Waals surface area contributed by atoms with Crippen LogP contribution in [0.2, 0.25) is 0 Å². The lowest BCUT2D eigenvalue weighted by molar-refractivity contribution is -0.128. The molecular formula is C19H26N4O2S. The lowest BCUT2D eigenvalue weighted by atomic mass is 9.95. The molecule has 3 rings (SSSR count). The van der Waals surface area contributed by atoms with Crippen molar-refractivity contribution in [3.8, 4) is 0 Å². The van der Waals surface area contributed by atoms with E-state index in [1.165, 1.54) is 5.56 Å². The van der Waals surface area contributed by atoms with Crippen molar-refractivity contribution in [2.75, 3.05) is 18.8 Å². The molecule has 1 unspecified atom stereocenters. The number of hydrogen-bond acceptors (Lipinski definition) is 5. The largest absolute Gasteiger partial charge is 0.353 e. The van der Waals surface area contributed by atoms with Crippen LogP contribution in [0.15, 0.2) is 29.3 Å². The highest BCUT2D eigenvalue weighted by molar-refractivity contribution is 8.00. The van der Waals surface area contributed by atoms with Crippen LogP contribution >= 0.6 is 11.8 Å². The van der Waals surface area contributed by atoms with Crippen molar-refractivity contribution in [2.45, 2.75) is 42.9 Å². The second-order valence-electron chi connectivity index (χ2n) is 6.68. The molecule has 0 saturated carbocycles. The molecule has 140 valence electrons. The van der Waals surface area contributed by atoms with Gasteiger partial charge in [0, 0.05) is 24.4 Å². The molecule has 4 N–H and O–H groups in total. The Kier molecular flexibility index (Phi) is 6.68. The minimum Gasteiger partial charge on any atom is -0.353 e. The van der Waals surface area contributed by atoms with Crippen molar-refractivity contribution in [1.29, 1.82) is 0 Å². The maximum atomic E-state index is 12.8. The molecule has 1 aromatic rings. The van der Waals surface area contributed by atoms with Crippen molar-refractivity contribution >= 4 is 35.5 Å². The molecule has 0 bridgehead atoms. The Morgan fingerprint density at radius 2 is 2.04 bits per heavy atom. The van der Waals surface area contributed by atoms with E-state index in [1.54, 1.807) is 11.8 Å². The van der Waals surface area contributed by atoms with Crippen molar-refractivity contribution in [3.05, 3.63) is 29.8 Å². The Morgan fingerprint density at radius 3 is 2.88 bits per heavy atom.